The van der Waals surface area contributed by atoms with Crippen LogP contribution in [0.15, 0.2) is 0 Å². The molecule has 20 heavy (non-hydrogen) atoms. The SMILES string of the molecule is CCNCc1c(C)nn(C)c1N(CCO)C1CCCC1. The van der Waals surface area contributed by atoms with Crippen LogP contribution in [0, 0.1) is 6.92 Å². The Morgan fingerprint density at radius 1 is 1.40 bits per heavy atom. The molecule has 2 rings (SSSR count). The molecular formula is C15H28N4O. The Kier molecular flexibility index (Phi) is 5.43. The molecule has 0 aromatic carbocycles. The average molecular weight is 280 g/mol. The van der Waals surface area contributed by atoms with E-state index in [0.29, 0.717) is 12.6 Å². The molecule has 114 valence electrons. The average Bonchev–Trinajstić information content (AvgIpc) is 3.03. The van der Waals surface area contributed by atoms with Gasteiger partial charge in [0.2, 0.25) is 0 Å². The van der Waals surface area contributed by atoms with E-state index >= 15 is 0 Å². The molecule has 0 spiro atoms. The highest BCUT2D eigenvalue weighted by Crippen LogP contribution is 2.31. The Bertz CT molecular complexity index is 424. The van der Waals surface area contributed by atoms with Crippen LogP contribution in [0.25, 0.3) is 0 Å². The number of aliphatic hydroxyl groups is 1. The number of aromatic nitrogens is 2. The van der Waals surface area contributed by atoms with E-state index in [2.05, 4.69) is 29.2 Å². The van der Waals surface area contributed by atoms with Gasteiger partial charge in [-0.2, -0.15) is 5.10 Å². The summed E-state index contributed by atoms with van der Waals surface area (Å²) in [5, 5.41) is 17.4. The fourth-order valence-corrected chi connectivity index (χ4v) is 3.29. The minimum Gasteiger partial charge on any atom is -0.395 e. The molecule has 1 aliphatic carbocycles. The first-order valence-corrected chi connectivity index (χ1v) is 7.79. The minimum absolute atomic E-state index is 0.196. The number of hydrogen-bond acceptors (Lipinski definition) is 4. The Balaban J connectivity index is 2.30. The highest BCUT2D eigenvalue weighted by molar-refractivity contribution is 5.51. The first kappa shape index (κ1) is 15.3. The summed E-state index contributed by atoms with van der Waals surface area (Å²) in [5.41, 5.74) is 2.36. The number of anilines is 1. The summed E-state index contributed by atoms with van der Waals surface area (Å²) in [6.07, 6.45) is 5.05. The maximum absolute atomic E-state index is 9.44. The molecule has 1 aliphatic rings. The molecule has 0 bridgehead atoms. The predicted molar refractivity (Wildman–Crippen MR) is 82.0 cm³/mol. The minimum atomic E-state index is 0.196. The predicted octanol–water partition coefficient (Wildman–Crippen LogP) is 1.58. The van der Waals surface area contributed by atoms with E-state index in [4.69, 9.17) is 0 Å². The van der Waals surface area contributed by atoms with Crippen LogP contribution in [-0.2, 0) is 13.6 Å². The van der Waals surface area contributed by atoms with Gasteiger partial charge in [-0.25, -0.2) is 0 Å². The van der Waals surface area contributed by atoms with Crippen molar-refractivity contribution in [1.82, 2.24) is 15.1 Å². The van der Waals surface area contributed by atoms with Crippen molar-refractivity contribution in [2.45, 2.75) is 52.1 Å². The molecule has 1 saturated carbocycles. The van der Waals surface area contributed by atoms with E-state index in [1.807, 2.05) is 11.7 Å². The number of rotatable bonds is 7. The van der Waals surface area contributed by atoms with Gasteiger partial charge in [-0.15, -0.1) is 0 Å². The van der Waals surface area contributed by atoms with E-state index in [9.17, 15) is 5.11 Å². The molecule has 0 atom stereocenters. The first-order chi connectivity index (χ1) is 9.69. The third-order valence-electron chi connectivity index (χ3n) is 4.24. The molecule has 5 heteroatoms. The van der Waals surface area contributed by atoms with Gasteiger partial charge in [0.05, 0.1) is 12.3 Å². The number of aliphatic hydroxyl groups excluding tert-OH is 1. The third-order valence-corrected chi connectivity index (χ3v) is 4.24. The van der Waals surface area contributed by atoms with Crippen molar-refractivity contribution in [1.29, 1.82) is 0 Å². The van der Waals surface area contributed by atoms with Crippen molar-refractivity contribution in [3.8, 4) is 0 Å². The molecule has 1 aromatic rings. The molecule has 0 aliphatic heterocycles. The van der Waals surface area contributed by atoms with Gasteiger partial charge in [-0.05, 0) is 26.3 Å². The van der Waals surface area contributed by atoms with Gasteiger partial charge in [0.25, 0.3) is 0 Å². The molecular weight excluding hydrogens is 252 g/mol. The van der Waals surface area contributed by atoms with Crippen LogP contribution >= 0.6 is 0 Å². The van der Waals surface area contributed by atoms with Crippen LogP contribution in [0.3, 0.4) is 0 Å². The summed E-state index contributed by atoms with van der Waals surface area (Å²) in [6.45, 7) is 6.89. The van der Waals surface area contributed by atoms with Crippen molar-refractivity contribution < 1.29 is 5.11 Å². The van der Waals surface area contributed by atoms with Gasteiger partial charge in [0, 0.05) is 31.7 Å². The molecule has 0 radical (unpaired) electrons. The van der Waals surface area contributed by atoms with Crippen molar-refractivity contribution >= 4 is 5.82 Å². The fourth-order valence-electron chi connectivity index (χ4n) is 3.29. The zero-order valence-electron chi connectivity index (χ0n) is 13.0. The Hall–Kier alpha value is -1.07. The summed E-state index contributed by atoms with van der Waals surface area (Å²) in [4.78, 5) is 2.37. The summed E-state index contributed by atoms with van der Waals surface area (Å²) < 4.78 is 1.98. The molecule has 1 heterocycles. The van der Waals surface area contributed by atoms with Crippen LogP contribution in [0.2, 0.25) is 0 Å². The second-order valence-corrected chi connectivity index (χ2v) is 5.65. The number of hydrogen-bond donors (Lipinski definition) is 2. The monoisotopic (exact) mass is 280 g/mol. The van der Waals surface area contributed by atoms with E-state index in [0.717, 1.165) is 18.8 Å². The van der Waals surface area contributed by atoms with Crippen LogP contribution < -0.4 is 10.2 Å². The lowest BCUT2D eigenvalue weighted by Gasteiger charge is -2.31. The third kappa shape index (κ3) is 3.15. The van der Waals surface area contributed by atoms with Crippen molar-refractivity contribution in [3.05, 3.63) is 11.3 Å². The topological polar surface area (TPSA) is 53.3 Å². The van der Waals surface area contributed by atoms with Crippen LogP contribution in [0.4, 0.5) is 5.82 Å². The van der Waals surface area contributed by atoms with Crippen LogP contribution in [0.5, 0.6) is 0 Å². The molecule has 5 nitrogen and oxygen atoms in total. The summed E-state index contributed by atoms with van der Waals surface area (Å²) in [6, 6.07) is 0.553. The van der Waals surface area contributed by atoms with E-state index in [1.54, 1.807) is 0 Å². The van der Waals surface area contributed by atoms with Gasteiger partial charge in [-0.3, -0.25) is 4.68 Å². The molecule has 1 aromatic heterocycles. The molecule has 0 saturated heterocycles. The maximum Gasteiger partial charge on any atom is 0.131 e. The summed E-state index contributed by atoms with van der Waals surface area (Å²) >= 11 is 0. The summed E-state index contributed by atoms with van der Waals surface area (Å²) in [7, 11) is 2.01. The second kappa shape index (κ2) is 7.09. The highest BCUT2D eigenvalue weighted by Gasteiger charge is 2.27. The summed E-state index contributed by atoms with van der Waals surface area (Å²) in [5.74, 6) is 1.18. The largest absolute Gasteiger partial charge is 0.395 e. The van der Waals surface area contributed by atoms with Crippen molar-refractivity contribution in [2.75, 3.05) is 24.6 Å². The highest BCUT2D eigenvalue weighted by atomic mass is 16.3. The Morgan fingerprint density at radius 3 is 2.70 bits per heavy atom. The molecule has 1 fully saturated rings. The zero-order valence-corrected chi connectivity index (χ0v) is 13.0. The lowest BCUT2D eigenvalue weighted by Crippen LogP contribution is -2.38. The second-order valence-electron chi connectivity index (χ2n) is 5.65. The van der Waals surface area contributed by atoms with E-state index in [-0.39, 0.29) is 6.61 Å². The lowest BCUT2D eigenvalue weighted by molar-refractivity contribution is 0.296. The maximum atomic E-state index is 9.44. The standard InChI is InChI=1S/C15H28N4O/c1-4-16-11-14-12(2)17-18(3)15(14)19(9-10-20)13-7-5-6-8-13/h13,16,20H,4-11H2,1-3H3. The first-order valence-electron chi connectivity index (χ1n) is 7.79. The van der Waals surface area contributed by atoms with Gasteiger partial charge >= 0.3 is 0 Å². The lowest BCUT2D eigenvalue weighted by atomic mass is 10.1. The normalized spacial score (nSPS) is 16.0. The van der Waals surface area contributed by atoms with E-state index in [1.165, 1.54) is 37.1 Å². The Morgan fingerprint density at radius 2 is 2.10 bits per heavy atom. The smallest absolute Gasteiger partial charge is 0.131 e. The van der Waals surface area contributed by atoms with Crippen molar-refractivity contribution in [3.63, 3.8) is 0 Å². The van der Waals surface area contributed by atoms with Crippen LogP contribution in [-0.4, -0.2) is 40.6 Å². The fraction of sp³-hybridized carbons (Fsp3) is 0.800. The van der Waals surface area contributed by atoms with E-state index < -0.39 is 0 Å². The van der Waals surface area contributed by atoms with Crippen molar-refractivity contribution in [2.24, 2.45) is 7.05 Å². The molecule has 0 amide bonds. The number of aryl methyl sites for hydroxylation is 2. The number of nitrogens with zero attached hydrogens (tertiary/aromatic N) is 3. The molecule has 2 N–H and O–H groups in total. The van der Waals surface area contributed by atoms with Gasteiger partial charge in [0.15, 0.2) is 0 Å². The quantitative estimate of drug-likeness (QED) is 0.796. The van der Waals surface area contributed by atoms with Crippen LogP contribution in [0.1, 0.15) is 43.9 Å². The number of nitrogens with one attached hydrogen (secondary N) is 1. The molecule has 0 unspecified atom stereocenters. The van der Waals surface area contributed by atoms with Gasteiger partial charge in [0.1, 0.15) is 5.82 Å². The zero-order chi connectivity index (χ0) is 14.5. The Labute approximate surface area is 122 Å². The van der Waals surface area contributed by atoms with Gasteiger partial charge < -0.3 is 15.3 Å². The van der Waals surface area contributed by atoms with Gasteiger partial charge in [-0.1, -0.05) is 19.8 Å².